The molecule has 0 unspecified atom stereocenters. The van der Waals surface area contributed by atoms with Crippen LogP contribution < -0.4 is 21.3 Å². The highest BCUT2D eigenvalue weighted by Crippen LogP contribution is 2.52. The monoisotopic (exact) mass is 808 g/mol. The summed E-state index contributed by atoms with van der Waals surface area (Å²) in [5, 5.41) is 10.5. The van der Waals surface area contributed by atoms with E-state index < -0.39 is 65.9 Å². The highest BCUT2D eigenvalue weighted by molar-refractivity contribution is 6.01. The summed E-state index contributed by atoms with van der Waals surface area (Å²) < 4.78 is 42.0. The van der Waals surface area contributed by atoms with Crippen LogP contribution in [0.3, 0.4) is 0 Å². The van der Waals surface area contributed by atoms with E-state index in [9.17, 15) is 28.8 Å². The Morgan fingerprint density at radius 2 is 1.00 bits per heavy atom. The Hall–Kier alpha value is -6.84. The summed E-state index contributed by atoms with van der Waals surface area (Å²) in [5.74, 6) is -5.68. The summed E-state index contributed by atoms with van der Waals surface area (Å²) in [7, 11) is 2.35. The maximum atomic E-state index is 16.2. The van der Waals surface area contributed by atoms with Crippen LogP contribution in [0.5, 0.6) is 0 Å². The maximum Gasteiger partial charge on any atom is 0.407 e. The smallest absolute Gasteiger partial charge is 0.407 e. The van der Waals surface area contributed by atoms with Gasteiger partial charge in [0.25, 0.3) is 17.7 Å². The Bertz CT molecular complexity index is 2120. The van der Waals surface area contributed by atoms with Crippen LogP contribution in [-0.2, 0) is 34.6 Å². The highest BCUT2D eigenvalue weighted by atomic mass is 19.3. The van der Waals surface area contributed by atoms with Gasteiger partial charge < -0.3 is 40.5 Å². The van der Waals surface area contributed by atoms with Crippen molar-refractivity contribution in [2.24, 2.45) is 0 Å². The zero-order valence-corrected chi connectivity index (χ0v) is 32.2. The Morgan fingerprint density at radius 3 is 1.37 bits per heavy atom. The van der Waals surface area contributed by atoms with Gasteiger partial charge in [-0.1, -0.05) is 72.8 Å². The summed E-state index contributed by atoms with van der Waals surface area (Å²) in [4.78, 5) is 81.9. The molecule has 2 saturated heterocycles. The van der Waals surface area contributed by atoms with Crippen LogP contribution in [0.4, 0.5) is 29.7 Å². The minimum atomic E-state index is -3.51. The summed E-state index contributed by atoms with van der Waals surface area (Å²) in [6.45, 7) is 0.491. The van der Waals surface area contributed by atoms with Crippen molar-refractivity contribution >= 4 is 47.2 Å². The molecule has 2 aliphatic heterocycles. The quantitative estimate of drug-likeness (QED) is 0.154. The molecule has 4 aromatic carbocycles. The Morgan fingerprint density at radius 1 is 0.610 bits per heavy atom. The van der Waals surface area contributed by atoms with Gasteiger partial charge in [0.05, 0.1) is 14.2 Å². The number of nitrogens with one attached hydrogen (secondary N) is 4. The molecule has 0 bridgehead atoms. The minimum absolute atomic E-state index is 0.0999. The van der Waals surface area contributed by atoms with Crippen molar-refractivity contribution in [2.75, 3.05) is 37.9 Å². The summed E-state index contributed by atoms with van der Waals surface area (Å²) >= 11 is 0. The number of carbonyl (C=O) groups is 6. The number of alkyl carbamates (subject to hydrolysis) is 2. The number of methoxy groups -OCH3 is 2. The fourth-order valence-corrected chi connectivity index (χ4v) is 7.99. The molecule has 4 N–H and O–H groups in total. The molecule has 0 radical (unpaired) electrons. The van der Waals surface area contributed by atoms with Gasteiger partial charge in [0.15, 0.2) is 0 Å². The Labute approximate surface area is 338 Å². The molecule has 306 valence electrons. The van der Waals surface area contributed by atoms with Crippen molar-refractivity contribution in [3.05, 3.63) is 119 Å². The van der Waals surface area contributed by atoms with Crippen LogP contribution in [0.25, 0.3) is 11.1 Å². The number of hydrogen-bond donors (Lipinski definition) is 4. The zero-order valence-electron chi connectivity index (χ0n) is 32.2. The van der Waals surface area contributed by atoms with Gasteiger partial charge in [-0.25, -0.2) is 9.59 Å². The normalized spacial score (nSPS) is 18.4. The van der Waals surface area contributed by atoms with E-state index in [1.807, 2.05) is 0 Å². The largest absolute Gasteiger partial charge is 0.453 e. The number of likely N-dealkylation sites (tertiary alicyclic amines) is 2. The van der Waals surface area contributed by atoms with Crippen molar-refractivity contribution in [3.8, 4) is 11.1 Å². The lowest BCUT2D eigenvalue weighted by atomic mass is 10.0. The van der Waals surface area contributed by atoms with Gasteiger partial charge in [0, 0.05) is 35.6 Å². The van der Waals surface area contributed by atoms with Crippen LogP contribution in [0, 0.1) is 0 Å². The molecule has 6 amide bonds. The molecule has 2 fully saturated rings. The van der Waals surface area contributed by atoms with Crippen molar-refractivity contribution in [2.45, 2.75) is 55.8 Å². The molecule has 59 heavy (non-hydrogen) atoms. The van der Waals surface area contributed by atoms with Gasteiger partial charge in [-0.15, -0.1) is 0 Å². The Balaban J connectivity index is 1.04. The van der Waals surface area contributed by atoms with Crippen LogP contribution >= 0.6 is 0 Å². The number of fused-ring (bicyclic) bond motifs is 3. The molecule has 7 rings (SSSR count). The van der Waals surface area contributed by atoms with Crippen molar-refractivity contribution < 1.29 is 47.0 Å². The second-order valence-electron chi connectivity index (χ2n) is 14.4. The lowest BCUT2D eigenvalue weighted by molar-refractivity contribution is -0.138. The van der Waals surface area contributed by atoms with E-state index in [0.717, 1.165) is 0 Å². The second kappa shape index (κ2) is 16.9. The summed E-state index contributed by atoms with van der Waals surface area (Å²) in [5.41, 5.74) is 0.982. The molecule has 4 aromatic rings. The molecule has 1 aliphatic carbocycles. The lowest BCUT2D eigenvalue weighted by Crippen LogP contribution is -2.48. The molecule has 2 heterocycles. The van der Waals surface area contributed by atoms with Crippen LogP contribution in [0.2, 0.25) is 0 Å². The number of carbonyl (C=O) groups excluding carboxylic acids is 6. The first kappa shape index (κ1) is 40.4. The average molecular weight is 809 g/mol. The van der Waals surface area contributed by atoms with E-state index in [-0.39, 0.29) is 46.7 Å². The van der Waals surface area contributed by atoms with Gasteiger partial charge in [-0.05, 0) is 72.2 Å². The number of rotatable bonds is 10. The lowest BCUT2D eigenvalue weighted by Gasteiger charge is -2.28. The van der Waals surface area contributed by atoms with Gasteiger partial charge in [-0.2, -0.15) is 8.78 Å². The highest BCUT2D eigenvalue weighted by Gasteiger charge is 2.46. The van der Waals surface area contributed by atoms with Gasteiger partial charge in [0.2, 0.25) is 11.8 Å². The molecule has 3 aliphatic rings. The number of anilines is 2. The number of amides is 6. The Kier molecular flexibility index (Phi) is 11.6. The first-order valence-corrected chi connectivity index (χ1v) is 19.1. The zero-order chi connectivity index (χ0) is 41.8. The summed E-state index contributed by atoms with van der Waals surface area (Å²) in [6, 6.07) is 21.4. The number of halogens is 2. The number of alkyl halides is 2. The standard InChI is InChI=1S/C43H42F2N6O8/c1-58-41(56)48-35(25-11-5-3-6-12-25)39(54)50-21-9-15-33(50)37(52)46-27-17-19-29-30-20-18-28(24-32(30)43(44,45)31(29)23-27)47-38(53)34-16-10-22-51(34)40(55)36(49-42(57)59-2)26-13-7-4-8-14-26/h3-8,11-14,17-20,23-24,33-36H,9-10,15-16,21-22H2,1-2H3,(H,46,52)(H,47,53)(H,48,56)(H,49,57)/t33-,34-,35+,36+/m0/s1. The summed E-state index contributed by atoms with van der Waals surface area (Å²) in [6.07, 6.45) is 0.0221. The number of ether oxygens (including phenoxy) is 2. The first-order chi connectivity index (χ1) is 28.4. The van der Waals surface area contributed by atoms with E-state index in [4.69, 9.17) is 9.47 Å². The molecule has 0 spiro atoms. The molecule has 0 aromatic heterocycles. The van der Waals surface area contributed by atoms with Crippen LogP contribution in [0.15, 0.2) is 97.1 Å². The molecule has 4 atom stereocenters. The van der Waals surface area contributed by atoms with E-state index >= 15 is 8.78 Å². The van der Waals surface area contributed by atoms with Crippen molar-refractivity contribution in [3.63, 3.8) is 0 Å². The molecule has 0 saturated carbocycles. The van der Waals surface area contributed by atoms with Crippen LogP contribution in [0.1, 0.15) is 60.0 Å². The van der Waals surface area contributed by atoms with Gasteiger partial charge in [0.1, 0.15) is 24.2 Å². The number of hydrogen-bond acceptors (Lipinski definition) is 8. The maximum absolute atomic E-state index is 16.2. The van der Waals surface area contributed by atoms with Gasteiger partial charge in [-0.3, -0.25) is 19.2 Å². The third-order valence-corrected chi connectivity index (χ3v) is 10.9. The van der Waals surface area contributed by atoms with Crippen molar-refractivity contribution in [1.29, 1.82) is 0 Å². The third-order valence-electron chi connectivity index (χ3n) is 10.9. The fourth-order valence-electron chi connectivity index (χ4n) is 7.99. The van der Waals surface area contributed by atoms with E-state index in [1.165, 1.54) is 60.4 Å². The predicted octanol–water partition coefficient (Wildman–Crippen LogP) is 5.86. The predicted molar refractivity (Wildman–Crippen MR) is 211 cm³/mol. The van der Waals surface area contributed by atoms with Crippen LogP contribution in [-0.4, -0.2) is 85.0 Å². The third kappa shape index (κ3) is 8.15. The molecular formula is C43H42F2N6O8. The topological polar surface area (TPSA) is 175 Å². The van der Waals surface area contributed by atoms with E-state index in [0.29, 0.717) is 36.8 Å². The van der Waals surface area contributed by atoms with Gasteiger partial charge >= 0.3 is 12.2 Å². The molecule has 16 heteroatoms. The second-order valence-corrected chi connectivity index (χ2v) is 14.4. The molecular weight excluding hydrogens is 767 g/mol. The number of nitrogens with zero attached hydrogens (tertiary/aromatic N) is 2. The molecule has 14 nitrogen and oxygen atoms in total. The number of benzene rings is 4. The fraction of sp³-hybridized carbons (Fsp3) is 0.302. The van der Waals surface area contributed by atoms with E-state index in [2.05, 4.69) is 21.3 Å². The first-order valence-electron chi connectivity index (χ1n) is 19.1. The average Bonchev–Trinajstić information content (AvgIpc) is 4.00. The SMILES string of the molecule is COC(=O)N[C@@H](C(=O)N1CCC[C@H]1C(=O)Nc1ccc2c(c1)C(F)(F)c1cc(NC(=O)[C@@H]3CCCN3C(=O)[C@H](NC(=O)OC)c3ccccc3)ccc1-2)c1ccccc1. The van der Waals surface area contributed by atoms with Crippen molar-refractivity contribution in [1.82, 2.24) is 20.4 Å². The minimum Gasteiger partial charge on any atom is -0.453 e. The van der Waals surface area contributed by atoms with E-state index in [1.54, 1.807) is 60.7 Å².